The van der Waals surface area contributed by atoms with Crippen LogP contribution in [0.1, 0.15) is 0 Å². The molecule has 1 aromatic carbocycles. The maximum Gasteiger partial charge on any atom is 0.138 e. The van der Waals surface area contributed by atoms with Crippen LogP contribution in [0.3, 0.4) is 0 Å². The van der Waals surface area contributed by atoms with Crippen LogP contribution in [0, 0.1) is 9.39 Å². The standard InChI is InChI=1S/C6H6FIN2/c7-5-3-4(10-9)1-2-6(5)8/h1-3,10H,9H2. The molecule has 0 aliphatic heterocycles. The van der Waals surface area contributed by atoms with E-state index in [-0.39, 0.29) is 5.82 Å². The third-order valence-electron chi connectivity index (χ3n) is 1.09. The second-order valence-corrected chi connectivity index (χ2v) is 2.94. The molecule has 54 valence electrons. The quantitative estimate of drug-likeness (QED) is 0.453. The van der Waals surface area contributed by atoms with Crippen molar-refractivity contribution < 1.29 is 4.39 Å². The molecule has 0 saturated heterocycles. The molecule has 2 nitrogen and oxygen atoms in total. The van der Waals surface area contributed by atoms with E-state index in [9.17, 15) is 4.39 Å². The van der Waals surface area contributed by atoms with Gasteiger partial charge >= 0.3 is 0 Å². The predicted molar refractivity (Wildman–Crippen MR) is 46.9 cm³/mol. The Hall–Kier alpha value is -0.360. The first-order chi connectivity index (χ1) is 4.74. The molecule has 10 heavy (non-hydrogen) atoms. The molecule has 1 aromatic rings. The molecule has 0 aromatic heterocycles. The summed E-state index contributed by atoms with van der Waals surface area (Å²) in [5, 5.41) is 0. The highest BCUT2D eigenvalue weighted by Crippen LogP contribution is 2.14. The maximum absolute atomic E-state index is 12.7. The summed E-state index contributed by atoms with van der Waals surface area (Å²) < 4.78 is 13.3. The van der Waals surface area contributed by atoms with Gasteiger partial charge in [0, 0.05) is 3.57 Å². The van der Waals surface area contributed by atoms with E-state index in [4.69, 9.17) is 5.84 Å². The summed E-state index contributed by atoms with van der Waals surface area (Å²) in [6.45, 7) is 0. The van der Waals surface area contributed by atoms with Crippen molar-refractivity contribution in [2.75, 3.05) is 5.43 Å². The fourth-order valence-corrected chi connectivity index (χ4v) is 0.921. The first kappa shape index (κ1) is 7.74. The molecule has 4 heteroatoms. The number of benzene rings is 1. The van der Waals surface area contributed by atoms with E-state index in [0.717, 1.165) is 0 Å². The first-order valence-corrected chi connectivity index (χ1v) is 3.73. The van der Waals surface area contributed by atoms with Gasteiger partial charge in [0.05, 0.1) is 5.69 Å². The van der Waals surface area contributed by atoms with Gasteiger partial charge in [0.1, 0.15) is 5.82 Å². The summed E-state index contributed by atoms with van der Waals surface area (Å²) in [6, 6.07) is 4.72. The summed E-state index contributed by atoms with van der Waals surface area (Å²) in [7, 11) is 0. The van der Waals surface area contributed by atoms with Crippen molar-refractivity contribution in [2.24, 2.45) is 5.84 Å². The number of nitrogens with two attached hydrogens (primary N) is 1. The smallest absolute Gasteiger partial charge is 0.138 e. The van der Waals surface area contributed by atoms with Gasteiger partial charge in [0.25, 0.3) is 0 Å². The highest BCUT2D eigenvalue weighted by molar-refractivity contribution is 14.1. The summed E-state index contributed by atoms with van der Waals surface area (Å²) >= 11 is 1.91. The van der Waals surface area contributed by atoms with Crippen molar-refractivity contribution in [3.05, 3.63) is 27.6 Å². The van der Waals surface area contributed by atoms with Crippen molar-refractivity contribution in [1.29, 1.82) is 0 Å². The maximum atomic E-state index is 12.7. The molecule has 1 rings (SSSR count). The van der Waals surface area contributed by atoms with Gasteiger partial charge in [-0.2, -0.15) is 0 Å². The Labute approximate surface area is 71.7 Å². The Balaban J connectivity index is 3.04. The zero-order chi connectivity index (χ0) is 7.56. The molecule has 0 amide bonds. The molecule has 0 saturated carbocycles. The summed E-state index contributed by atoms with van der Waals surface area (Å²) in [5.74, 6) is 4.80. The SMILES string of the molecule is NNc1ccc(I)c(F)c1. The van der Waals surface area contributed by atoms with E-state index < -0.39 is 0 Å². The molecule has 0 unspecified atom stereocenters. The van der Waals surface area contributed by atoms with Crippen molar-refractivity contribution in [3.63, 3.8) is 0 Å². The zero-order valence-corrected chi connectivity index (χ0v) is 7.22. The lowest BCUT2D eigenvalue weighted by Gasteiger charge is -1.99. The number of anilines is 1. The lowest BCUT2D eigenvalue weighted by Crippen LogP contribution is -2.06. The fraction of sp³-hybridized carbons (Fsp3) is 0. The minimum atomic E-state index is -0.254. The van der Waals surface area contributed by atoms with Gasteiger partial charge < -0.3 is 5.43 Å². The van der Waals surface area contributed by atoms with Gasteiger partial charge in [0.15, 0.2) is 0 Å². The number of nitrogens with one attached hydrogen (secondary N) is 1. The second-order valence-electron chi connectivity index (χ2n) is 1.77. The number of rotatable bonds is 1. The summed E-state index contributed by atoms with van der Waals surface area (Å²) in [5.41, 5.74) is 2.93. The van der Waals surface area contributed by atoms with Crippen LogP contribution in [-0.4, -0.2) is 0 Å². The molecular weight excluding hydrogens is 246 g/mol. The summed E-state index contributed by atoms with van der Waals surface area (Å²) in [6.07, 6.45) is 0. The van der Waals surface area contributed by atoms with E-state index in [1.165, 1.54) is 6.07 Å². The molecule has 3 N–H and O–H groups in total. The van der Waals surface area contributed by atoms with E-state index in [1.807, 2.05) is 22.6 Å². The Morgan fingerprint density at radius 3 is 2.70 bits per heavy atom. The van der Waals surface area contributed by atoms with E-state index in [0.29, 0.717) is 9.26 Å². The lowest BCUT2D eigenvalue weighted by molar-refractivity contribution is 0.621. The first-order valence-electron chi connectivity index (χ1n) is 2.65. The van der Waals surface area contributed by atoms with Crippen LogP contribution in [-0.2, 0) is 0 Å². The van der Waals surface area contributed by atoms with E-state index in [1.54, 1.807) is 12.1 Å². The normalized spacial score (nSPS) is 9.50. The van der Waals surface area contributed by atoms with Crippen LogP contribution in [0.2, 0.25) is 0 Å². The van der Waals surface area contributed by atoms with Crippen molar-refractivity contribution >= 4 is 28.3 Å². The average molecular weight is 252 g/mol. The van der Waals surface area contributed by atoms with Crippen LogP contribution in [0.4, 0.5) is 10.1 Å². The molecule has 0 heterocycles. The Kier molecular flexibility index (Phi) is 2.44. The van der Waals surface area contributed by atoms with Gasteiger partial charge in [-0.1, -0.05) is 0 Å². The van der Waals surface area contributed by atoms with Crippen molar-refractivity contribution in [2.45, 2.75) is 0 Å². The highest BCUT2D eigenvalue weighted by atomic mass is 127. The third-order valence-corrected chi connectivity index (χ3v) is 1.96. The third kappa shape index (κ3) is 1.57. The lowest BCUT2D eigenvalue weighted by atomic mass is 10.3. The molecular formula is C6H6FIN2. The van der Waals surface area contributed by atoms with Crippen molar-refractivity contribution in [1.82, 2.24) is 0 Å². The predicted octanol–water partition coefficient (Wildman–Crippen LogP) is 1.72. The van der Waals surface area contributed by atoms with Gasteiger partial charge in [-0.3, -0.25) is 5.84 Å². The van der Waals surface area contributed by atoms with Gasteiger partial charge in [-0.25, -0.2) is 4.39 Å². The minimum absolute atomic E-state index is 0.254. The Bertz CT molecular complexity index is 239. The Morgan fingerprint density at radius 2 is 2.20 bits per heavy atom. The van der Waals surface area contributed by atoms with Gasteiger partial charge in [-0.15, -0.1) is 0 Å². The molecule has 0 bridgehead atoms. The van der Waals surface area contributed by atoms with Crippen LogP contribution in [0.25, 0.3) is 0 Å². The number of hydrogen-bond donors (Lipinski definition) is 2. The van der Waals surface area contributed by atoms with E-state index in [2.05, 4.69) is 5.43 Å². The Morgan fingerprint density at radius 1 is 1.50 bits per heavy atom. The fourth-order valence-electron chi connectivity index (χ4n) is 0.586. The van der Waals surface area contributed by atoms with Crippen LogP contribution < -0.4 is 11.3 Å². The van der Waals surface area contributed by atoms with Crippen LogP contribution in [0.15, 0.2) is 18.2 Å². The number of hydrazine groups is 1. The number of hydrogen-bond acceptors (Lipinski definition) is 2. The second kappa shape index (κ2) is 3.16. The largest absolute Gasteiger partial charge is 0.324 e. The minimum Gasteiger partial charge on any atom is -0.324 e. The number of halogens is 2. The topological polar surface area (TPSA) is 38.0 Å². The zero-order valence-electron chi connectivity index (χ0n) is 5.07. The monoisotopic (exact) mass is 252 g/mol. The van der Waals surface area contributed by atoms with Crippen LogP contribution >= 0.6 is 22.6 Å². The molecule has 0 aliphatic carbocycles. The summed E-state index contributed by atoms with van der Waals surface area (Å²) in [4.78, 5) is 0. The highest BCUT2D eigenvalue weighted by Gasteiger charge is 1.97. The molecule has 0 aliphatic rings. The molecule has 0 fully saturated rings. The van der Waals surface area contributed by atoms with Crippen LogP contribution in [0.5, 0.6) is 0 Å². The average Bonchev–Trinajstić information content (AvgIpc) is 1.95. The number of nitrogen functional groups attached to an aromatic ring is 1. The molecule has 0 spiro atoms. The van der Waals surface area contributed by atoms with E-state index >= 15 is 0 Å². The molecule has 0 radical (unpaired) electrons. The van der Waals surface area contributed by atoms with Crippen molar-refractivity contribution in [3.8, 4) is 0 Å². The van der Waals surface area contributed by atoms with Gasteiger partial charge in [-0.05, 0) is 40.8 Å². The molecule has 0 atom stereocenters. The van der Waals surface area contributed by atoms with Gasteiger partial charge in [0.2, 0.25) is 0 Å².